The third kappa shape index (κ3) is 5.33. The van der Waals surface area contributed by atoms with Crippen LogP contribution in [0.15, 0.2) is 18.2 Å². The third-order valence-electron chi connectivity index (χ3n) is 4.10. The van der Waals surface area contributed by atoms with E-state index in [2.05, 4.69) is 15.5 Å². The van der Waals surface area contributed by atoms with Crippen LogP contribution >= 0.6 is 0 Å². The Labute approximate surface area is 146 Å². The number of rotatable bonds is 7. The lowest BCUT2D eigenvalue weighted by Gasteiger charge is -2.26. The lowest BCUT2D eigenvalue weighted by atomic mass is 10.2. The molecule has 8 heteroatoms. The molecule has 8 nitrogen and oxygen atoms in total. The van der Waals surface area contributed by atoms with Gasteiger partial charge in [0.05, 0.1) is 13.2 Å². The fraction of sp³-hybridized carbons (Fsp3) is 0.529. The number of hydrogen-bond donors (Lipinski definition) is 2. The van der Waals surface area contributed by atoms with Gasteiger partial charge in [0.2, 0.25) is 18.6 Å². The number of carbonyl (C=O) groups is 2. The summed E-state index contributed by atoms with van der Waals surface area (Å²) in [5.74, 6) is 0.806. The van der Waals surface area contributed by atoms with Gasteiger partial charge in [-0.05, 0) is 17.7 Å². The second-order valence-corrected chi connectivity index (χ2v) is 5.95. The lowest BCUT2D eigenvalue weighted by molar-refractivity contribution is -0.129. The Morgan fingerprint density at radius 1 is 1.04 bits per heavy atom. The molecule has 0 atom stereocenters. The number of nitrogens with zero attached hydrogens (tertiary/aromatic N) is 1. The summed E-state index contributed by atoms with van der Waals surface area (Å²) in [4.78, 5) is 25.9. The molecule has 0 saturated carbocycles. The molecule has 3 rings (SSSR count). The van der Waals surface area contributed by atoms with Crippen LogP contribution in [0, 0.1) is 0 Å². The molecular formula is C17H23N3O5. The predicted molar refractivity (Wildman–Crippen MR) is 89.3 cm³/mol. The van der Waals surface area contributed by atoms with Gasteiger partial charge in [0, 0.05) is 32.7 Å². The van der Waals surface area contributed by atoms with E-state index in [9.17, 15) is 9.59 Å². The van der Waals surface area contributed by atoms with Crippen molar-refractivity contribution in [3.05, 3.63) is 23.8 Å². The van der Waals surface area contributed by atoms with Gasteiger partial charge in [-0.15, -0.1) is 0 Å². The van der Waals surface area contributed by atoms with Gasteiger partial charge < -0.3 is 24.8 Å². The standard InChI is InChI=1S/C17H23N3O5/c21-16(18-3-4-20-5-7-23-8-6-20)10-17(22)19-11-13-1-2-14-15(9-13)25-12-24-14/h1-2,9H,3-8,10-12H2,(H,18,21)(H,19,22). The van der Waals surface area contributed by atoms with Crippen LogP contribution in [-0.4, -0.2) is 62.9 Å². The minimum absolute atomic E-state index is 0.173. The summed E-state index contributed by atoms with van der Waals surface area (Å²) >= 11 is 0. The molecule has 2 aliphatic heterocycles. The van der Waals surface area contributed by atoms with E-state index in [0.29, 0.717) is 24.6 Å². The van der Waals surface area contributed by atoms with Crippen molar-refractivity contribution in [3.63, 3.8) is 0 Å². The number of carbonyl (C=O) groups excluding carboxylic acids is 2. The largest absolute Gasteiger partial charge is 0.454 e. The number of morpholine rings is 1. The Morgan fingerprint density at radius 3 is 2.64 bits per heavy atom. The first-order valence-electron chi connectivity index (χ1n) is 8.43. The maximum Gasteiger partial charge on any atom is 0.231 e. The number of fused-ring (bicyclic) bond motifs is 1. The average Bonchev–Trinajstić information content (AvgIpc) is 3.08. The summed E-state index contributed by atoms with van der Waals surface area (Å²) in [7, 11) is 0. The summed E-state index contributed by atoms with van der Waals surface area (Å²) in [6.07, 6.45) is -0.173. The molecular weight excluding hydrogens is 326 g/mol. The first kappa shape index (κ1) is 17.5. The Hall–Kier alpha value is -2.32. The fourth-order valence-electron chi connectivity index (χ4n) is 2.70. The molecule has 1 aromatic carbocycles. The topological polar surface area (TPSA) is 89.1 Å². The van der Waals surface area contributed by atoms with Gasteiger partial charge in [-0.25, -0.2) is 0 Å². The van der Waals surface area contributed by atoms with E-state index in [4.69, 9.17) is 14.2 Å². The summed E-state index contributed by atoms with van der Waals surface area (Å²) in [6, 6.07) is 5.49. The average molecular weight is 349 g/mol. The quantitative estimate of drug-likeness (QED) is 0.667. The van der Waals surface area contributed by atoms with Gasteiger partial charge in [-0.3, -0.25) is 14.5 Å². The van der Waals surface area contributed by atoms with Crippen LogP contribution in [0.2, 0.25) is 0 Å². The van der Waals surface area contributed by atoms with Crippen molar-refractivity contribution in [2.75, 3.05) is 46.2 Å². The van der Waals surface area contributed by atoms with Crippen molar-refractivity contribution in [1.29, 1.82) is 0 Å². The van der Waals surface area contributed by atoms with E-state index >= 15 is 0 Å². The third-order valence-corrected chi connectivity index (χ3v) is 4.10. The number of ether oxygens (including phenoxy) is 3. The van der Waals surface area contributed by atoms with Crippen LogP contribution in [0.25, 0.3) is 0 Å². The molecule has 0 aliphatic carbocycles. The molecule has 0 unspecified atom stereocenters. The monoisotopic (exact) mass is 349 g/mol. The van der Waals surface area contributed by atoms with Crippen molar-refractivity contribution >= 4 is 11.8 Å². The van der Waals surface area contributed by atoms with Crippen molar-refractivity contribution in [2.24, 2.45) is 0 Å². The van der Waals surface area contributed by atoms with Crippen LogP contribution in [0.4, 0.5) is 0 Å². The number of benzene rings is 1. The number of hydrogen-bond acceptors (Lipinski definition) is 6. The molecule has 2 aliphatic rings. The minimum atomic E-state index is -0.304. The van der Waals surface area contributed by atoms with Crippen LogP contribution in [0.3, 0.4) is 0 Å². The van der Waals surface area contributed by atoms with Crippen molar-refractivity contribution in [1.82, 2.24) is 15.5 Å². The molecule has 0 spiro atoms. The SMILES string of the molecule is O=C(CC(=O)NCc1ccc2c(c1)OCO2)NCCN1CCOCC1. The van der Waals surface area contributed by atoms with Crippen molar-refractivity contribution in [3.8, 4) is 11.5 Å². The molecule has 136 valence electrons. The predicted octanol–water partition coefficient (Wildman–Crippen LogP) is -0.130. The highest BCUT2D eigenvalue weighted by molar-refractivity contribution is 5.96. The Balaban J connectivity index is 1.32. The Morgan fingerprint density at radius 2 is 1.80 bits per heavy atom. The smallest absolute Gasteiger partial charge is 0.231 e. The molecule has 0 aromatic heterocycles. The van der Waals surface area contributed by atoms with Gasteiger partial charge in [0.1, 0.15) is 6.42 Å². The zero-order chi connectivity index (χ0) is 17.5. The molecule has 1 aromatic rings. The molecule has 2 heterocycles. The molecule has 1 saturated heterocycles. The normalized spacial score (nSPS) is 16.5. The van der Waals surface area contributed by atoms with Crippen LogP contribution in [-0.2, 0) is 20.9 Å². The zero-order valence-corrected chi connectivity index (χ0v) is 14.1. The highest BCUT2D eigenvalue weighted by Gasteiger charge is 2.14. The van der Waals surface area contributed by atoms with Crippen molar-refractivity contribution in [2.45, 2.75) is 13.0 Å². The highest BCUT2D eigenvalue weighted by Crippen LogP contribution is 2.32. The minimum Gasteiger partial charge on any atom is -0.454 e. The van der Waals surface area contributed by atoms with Gasteiger partial charge in [-0.2, -0.15) is 0 Å². The van der Waals surface area contributed by atoms with Crippen LogP contribution in [0.5, 0.6) is 11.5 Å². The zero-order valence-electron chi connectivity index (χ0n) is 14.1. The van der Waals surface area contributed by atoms with E-state index < -0.39 is 0 Å². The second kappa shape index (κ2) is 8.68. The van der Waals surface area contributed by atoms with E-state index in [1.807, 2.05) is 18.2 Å². The van der Waals surface area contributed by atoms with E-state index in [1.165, 1.54) is 0 Å². The maximum atomic E-state index is 11.9. The van der Waals surface area contributed by atoms with Gasteiger partial charge in [0.25, 0.3) is 0 Å². The van der Waals surface area contributed by atoms with E-state index in [1.54, 1.807) is 0 Å². The molecule has 2 amide bonds. The molecule has 2 N–H and O–H groups in total. The van der Waals surface area contributed by atoms with E-state index in [0.717, 1.165) is 38.4 Å². The summed E-state index contributed by atoms with van der Waals surface area (Å²) in [5, 5.41) is 5.51. The van der Waals surface area contributed by atoms with Gasteiger partial charge in [0.15, 0.2) is 11.5 Å². The fourth-order valence-corrected chi connectivity index (χ4v) is 2.70. The Bertz CT molecular complexity index is 616. The first-order chi connectivity index (χ1) is 12.2. The van der Waals surface area contributed by atoms with Gasteiger partial charge in [-0.1, -0.05) is 6.07 Å². The molecule has 0 bridgehead atoms. The number of nitrogens with one attached hydrogen (secondary N) is 2. The first-order valence-corrected chi connectivity index (χ1v) is 8.43. The lowest BCUT2D eigenvalue weighted by Crippen LogP contribution is -2.42. The Kier molecular flexibility index (Phi) is 6.08. The summed E-state index contributed by atoms with van der Waals surface area (Å²) < 4.78 is 15.8. The number of amides is 2. The summed E-state index contributed by atoms with van der Waals surface area (Å²) in [5.41, 5.74) is 0.894. The molecule has 0 radical (unpaired) electrons. The molecule has 1 fully saturated rings. The second-order valence-electron chi connectivity index (χ2n) is 5.95. The van der Waals surface area contributed by atoms with Gasteiger partial charge >= 0.3 is 0 Å². The summed E-state index contributed by atoms with van der Waals surface area (Å²) in [6.45, 7) is 5.10. The van der Waals surface area contributed by atoms with Crippen molar-refractivity contribution < 1.29 is 23.8 Å². The van der Waals surface area contributed by atoms with E-state index in [-0.39, 0.29) is 25.0 Å². The highest BCUT2D eigenvalue weighted by atomic mass is 16.7. The van der Waals surface area contributed by atoms with Crippen LogP contribution in [0.1, 0.15) is 12.0 Å². The molecule has 25 heavy (non-hydrogen) atoms. The maximum absolute atomic E-state index is 11.9. The van der Waals surface area contributed by atoms with Crippen LogP contribution < -0.4 is 20.1 Å².